The van der Waals surface area contributed by atoms with E-state index in [0.29, 0.717) is 25.4 Å². The number of carboxylic acid groups (broad SMARTS) is 1. The highest BCUT2D eigenvalue weighted by Crippen LogP contribution is 2.55. The van der Waals surface area contributed by atoms with Crippen molar-refractivity contribution < 1.29 is 14.7 Å². The molecule has 1 amide bonds. The molecule has 0 aromatic heterocycles. The standard InChI is InChI=1S/C12H17NO3/c14-11(10-5-9(10)7-1-2-7)13-4-3-8(6-13)12(15)16/h7-10H,1-6H2,(H,15,16). The first kappa shape index (κ1) is 10.1. The number of aliphatic carboxylic acids is 1. The molecule has 1 heterocycles. The zero-order valence-corrected chi connectivity index (χ0v) is 9.26. The van der Waals surface area contributed by atoms with Gasteiger partial charge in [0.25, 0.3) is 0 Å². The molecule has 4 nitrogen and oxygen atoms in total. The molecule has 3 atom stereocenters. The highest BCUT2D eigenvalue weighted by molar-refractivity contribution is 5.83. The van der Waals surface area contributed by atoms with Crippen molar-refractivity contribution in [3.05, 3.63) is 0 Å². The lowest BCUT2D eigenvalue weighted by Gasteiger charge is -2.15. The maximum Gasteiger partial charge on any atom is 0.308 e. The smallest absolute Gasteiger partial charge is 0.308 e. The molecule has 2 saturated carbocycles. The number of likely N-dealkylation sites (tertiary alicyclic amines) is 1. The van der Waals surface area contributed by atoms with Gasteiger partial charge in [-0.3, -0.25) is 9.59 Å². The summed E-state index contributed by atoms with van der Waals surface area (Å²) in [6, 6.07) is 0. The van der Waals surface area contributed by atoms with E-state index in [1.54, 1.807) is 4.90 Å². The van der Waals surface area contributed by atoms with E-state index in [0.717, 1.165) is 12.3 Å². The number of amides is 1. The summed E-state index contributed by atoms with van der Waals surface area (Å²) in [5.74, 6) is 0.816. The van der Waals surface area contributed by atoms with Gasteiger partial charge in [0.05, 0.1) is 5.92 Å². The SMILES string of the molecule is O=C(O)C1CCN(C(=O)C2CC2C2CC2)C1. The molecular weight excluding hydrogens is 206 g/mol. The Labute approximate surface area is 94.6 Å². The second kappa shape index (κ2) is 3.47. The zero-order valence-electron chi connectivity index (χ0n) is 9.26. The van der Waals surface area contributed by atoms with Crippen LogP contribution >= 0.6 is 0 Å². The monoisotopic (exact) mass is 223 g/mol. The van der Waals surface area contributed by atoms with Gasteiger partial charge in [-0.1, -0.05) is 0 Å². The molecular formula is C12H17NO3. The van der Waals surface area contributed by atoms with Crippen LogP contribution in [0.25, 0.3) is 0 Å². The van der Waals surface area contributed by atoms with Gasteiger partial charge in [0.2, 0.25) is 5.91 Å². The molecule has 0 aromatic rings. The van der Waals surface area contributed by atoms with Gasteiger partial charge in [-0.2, -0.15) is 0 Å². The lowest BCUT2D eigenvalue weighted by molar-refractivity contribution is -0.141. The van der Waals surface area contributed by atoms with Crippen LogP contribution in [0.15, 0.2) is 0 Å². The van der Waals surface area contributed by atoms with Crippen molar-refractivity contribution in [2.75, 3.05) is 13.1 Å². The highest BCUT2D eigenvalue weighted by atomic mass is 16.4. The predicted octanol–water partition coefficient (Wildman–Crippen LogP) is 0.966. The van der Waals surface area contributed by atoms with Gasteiger partial charge in [0.1, 0.15) is 0 Å². The average molecular weight is 223 g/mol. The highest BCUT2D eigenvalue weighted by Gasteiger charge is 2.52. The van der Waals surface area contributed by atoms with E-state index < -0.39 is 5.97 Å². The normalized spacial score (nSPS) is 37.5. The Morgan fingerprint density at radius 2 is 1.94 bits per heavy atom. The maximum absolute atomic E-state index is 12.1. The maximum atomic E-state index is 12.1. The van der Waals surface area contributed by atoms with Gasteiger partial charge in [0.15, 0.2) is 0 Å². The Morgan fingerprint density at radius 1 is 1.19 bits per heavy atom. The quantitative estimate of drug-likeness (QED) is 0.775. The molecule has 0 bridgehead atoms. The first-order valence-corrected chi connectivity index (χ1v) is 6.18. The molecule has 0 spiro atoms. The number of carbonyl (C=O) groups is 2. The summed E-state index contributed by atoms with van der Waals surface area (Å²) in [5.41, 5.74) is 0. The average Bonchev–Trinajstić information content (AvgIpc) is 3.11. The molecule has 0 aromatic carbocycles. The summed E-state index contributed by atoms with van der Waals surface area (Å²) in [6.45, 7) is 1.08. The first-order valence-electron chi connectivity index (χ1n) is 6.18. The number of carbonyl (C=O) groups excluding carboxylic acids is 1. The third-order valence-electron chi connectivity index (χ3n) is 4.23. The van der Waals surface area contributed by atoms with Crippen LogP contribution in [-0.2, 0) is 9.59 Å². The fraction of sp³-hybridized carbons (Fsp3) is 0.833. The molecule has 2 aliphatic carbocycles. The molecule has 0 radical (unpaired) electrons. The molecule has 1 saturated heterocycles. The molecule has 3 fully saturated rings. The summed E-state index contributed by atoms with van der Waals surface area (Å²) in [7, 11) is 0. The van der Waals surface area contributed by atoms with Crippen molar-refractivity contribution in [1.82, 2.24) is 4.90 Å². The van der Waals surface area contributed by atoms with Gasteiger partial charge >= 0.3 is 5.97 Å². The van der Waals surface area contributed by atoms with Crippen LogP contribution < -0.4 is 0 Å². The van der Waals surface area contributed by atoms with Crippen molar-refractivity contribution in [2.24, 2.45) is 23.7 Å². The Kier molecular flexibility index (Phi) is 2.19. The number of nitrogens with zero attached hydrogens (tertiary/aromatic N) is 1. The Hall–Kier alpha value is -1.06. The fourth-order valence-electron chi connectivity index (χ4n) is 2.94. The number of rotatable bonds is 3. The van der Waals surface area contributed by atoms with E-state index in [9.17, 15) is 9.59 Å². The van der Waals surface area contributed by atoms with Gasteiger partial charge in [-0.25, -0.2) is 0 Å². The second-order valence-corrected chi connectivity index (χ2v) is 5.45. The second-order valence-electron chi connectivity index (χ2n) is 5.45. The molecule has 3 aliphatic rings. The van der Waals surface area contributed by atoms with Crippen LogP contribution in [-0.4, -0.2) is 35.0 Å². The molecule has 88 valence electrons. The summed E-state index contributed by atoms with van der Waals surface area (Å²) in [5, 5.41) is 8.88. The van der Waals surface area contributed by atoms with E-state index in [4.69, 9.17) is 5.11 Å². The summed E-state index contributed by atoms with van der Waals surface area (Å²) in [4.78, 5) is 24.6. The van der Waals surface area contributed by atoms with Crippen LogP contribution in [0.4, 0.5) is 0 Å². The van der Waals surface area contributed by atoms with Crippen molar-refractivity contribution in [3.8, 4) is 0 Å². The third-order valence-corrected chi connectivity index (χ3v) is 4.23. The van der Waals surface area contributed by atoms with E-state index in [2.05, 4.69) is 0 Å². The van der Waals surface area contributed by atoms with Crippen LogP contribution in [0.1, 0.15) is 25.7 Å². The largest absolute Gasteiger partial charge is 0.481 e. The minimum absolute atomic E-state index is 0.223. The number of hydrogen-bond acceptors (Lipinski definition) is 2. The van der Waals surface area contributed by atoms with E-state index in [1.807, 2.05) is 0 Å². The van der Waals surface area contributed by atoms with E-state index >= 15 is 0 Å². The molecule has 1 N–H and O–H groups in total. The van der Waals surface area contributed by atoms with Crippen LogP contribution in [0.3, 0.4) is 0 Å². The molecule has 16 heavy (non-hydrogen) atoms. The van der Waals surface area contributed by atoms with Gasteiger partial charge < -0.3 is 10.0 Å². The first-order chi connectivity index (χ1) is 7.66. The van der Waals surface area contributed by atoms with E-state index in [1.165, 1.54) is 12.8 Å². The Balaban J connectivity index is 1.54. The van der Waals surface area contributed by atoms with Crippen LogP contribution in [0.5, 0.6) is 0 Å². The topological polar surface area (TPSA) is 57.6 Å². The van der Waals surface area contributed by atoms with Gasteiger partial charge in [-0.15, -0.1) is 0 Å². The van der Waals surface area contributed by atoms with Crippen LogP contribution in [0, 0.1) is 23.7 Å². The third kappa shape index (κ3) is 1.70. The summed E-state index contributed by atoms with van der Waals surface area (Å²) < 4.78 is 0. The lowest BCUT2D eigenvalue weighted by Crippen LogP contribution is -2.31. The van der Waals surface area contributed by atoms with Crippen molar-refractivity contribution in [1.29, 1.82) is 0 Å². The van der Waals surface area contributed by atoms with Crippen molar-refractivity contribution in [3.63, 3.8) is 0 Å². The number of carboxylic acids is 1. The number of hydrogen-bond donors (Lipinski definition) is 1. The summed E-state index contributed by atoms with van der Waals surface area (Å²) >= 11 is 0. The minimum Gasteiger partial charge on any atom is -0.481 e. The molecule has 3 rings (SSSR count). The van der Waals surface area contributed by atoms with Crippen molar-refractivity contribution >= 4 is 11.9 Å². The Bertz CT molecular complexity index is 337. The van der Waals surface area contributed by atoms with Gasteiger partial charge in [-0.05, 0) is 37.5 Å². The summed E-state index contributed by atoms with van der Waals surface area (Å²) in [6.07, 6.45) is 4.28. The van der Waals surface area contributed by atoms with Crippen LogP contribution in [0.2, 0.25) is 0 Å². The van der Waals surface area contributed by atoms with Crippen molar-refractivity contribution in [2.45, 2.75) is 25.7 Å². The molecule has 4 heteroatoms. The fourth-order valence-corrected chi connectivity index (χ4v) is 2.94. The lowest BCUT2D eigenvalue weighted by atomic mass is 10.1. The molecule has 3 unspecified atom stereocenters. The predicted molar refractivity (Wildman–Crippen MR) is 56.6 cm³/mol. The minimum atomic E-state index is -0.759. The Morgan fingerprint density at radius 3 is 2.50 bits per heavy atom. The molecule has 1 aliphatic heterocycles. The zero-order chi connectivity index (χ0) is 11.3. The van der Waals surface area contributed by atoms with Gasteiger partial charge in [0, 0.05) is 19.0 Å². The van der Waals surface area contributed by atoms with E-state index in [-0.39, 0.29) is 17.7 Å².